The first-order chi connectivity index (χ1) is 6.69. The number of hydrazone groups is 1. The van der Waals surface area contributed by atoms with Crippen molar-refractivity contribution in [3.05, 3.63) is 12.2 Å². The lowest BCUT2D eigenvalue weighted by Crippen LogP contribution is -2.49. The van der Waals surface area contributed by atoms with E-state index in [1.807, 2.05) is 0 Å². The number of halogens is 1. The highest BCUT2D eigenvalue weighted by Gasteiger charge is 2.24. The third-order valence-electron chi connectivity index (χ3n) is 1.51. The van der Waals surface area contributed by atoms with E-state index in [1.165, 1.54) is 0 Å². The molecule has 6 nitrogen and oxygen atoms in total. The Balaban J connectivity index is 2.73. The van der Waals surface area contributed by atoms with E-state index in [2.05, 4.69) is 10.5 Å². The third-order valence-corrected chi connectivity index (χ3v) is 1.71. The van der Waals surface area contributed by atoms with Gasteiger partial charge in [-0.25, -0.2) is 10.2 Å². The fourth-order valence-electron chi connectivity index (χ4n) is 0.921. The van der Waals surface area contributed by atoms with E-state index in [0.29, 0.717) is 0 Å². The van der Waals surface area contributed by atoms with Crippen molar-refractivity contribution in [2.75, 3.05) is 6.61 Å². The number of hydrazine groups is 1. The molecular formula is C7H11ClN4O2. The highest BCUT2D eigenvalue weighted by Crippen LogP contribution is 2.09. The zero-order valence-corrected chi connectivity index (χ0v) is 8.36. The Kier molecular flexibility index (Phi) is 3.87. The van der Waals surface area contributed by atoms with Gasteiger partial charge in [-0.3, -0.25) is 5.84 Å². The van der Waals surface area contributed by atoms with E-state index < -0.39 is 12.3 Å². The normalized spacial score (nSPS) is 20.6. The summed E-state index contributed by atoms with van der Waals surface area (Å²) in [7, 11) is 0. The van der Waals surface area contributed by atoms with Crippen molar-refractivity contribution in [1.29, 1.82) is 0 Å². The van der Waals surface area contributed by atoms with Gasteiger partial charge >= 0.3 is 6.09 Å². The molecule has 1 aliphatic rings. The van der Waals surface area contributed by atoms with Crippen LogP contribution in [0.2, 0.25) is 0 Å². The van der Waals surface area contributed by atoms with Gasteiger partial charge in [-0.1, -0.05) is 11.6 Å². The zero-order chi connectivity index (χ0) is 10.6. The number of carbonyl (C=O) groups is 1. The molecule has 1 aliphatic heterocycles. The summed E-state index contributed by atoms with van der Waals surface area (Å²) in [5.41, 5.74) is 2.39. The maximum Gasteiger partial charge on any atom is 0.432 e. The fourth-order valence-corrected chi connectivity index (χ4v) is 1.07. The van der Waals surface area contributed by atoms with Crippen LogP contribution >= 0.6 is 11.6 Å². The summed E-state index contributed by atoms with van der Waals surface area (Å²) in [6, 6.07) is 0. The average molecular weight is 219 g/mol. The number of allylic oxidation sites excluding steroid dienone is 1. The summed E-state index contributed by atoms with van der Waals surface area (Å²) < 4.78 is 4.75. The quantitative estimate of drug-likeness (QED) is 0.518. The minimum atomic E-state index is -0.599. The van der Waals surface area contributed by atoms with Gasteiger partial charge in [-0.2, -0.15) is 10.1 Å². The van der Waals surface area contributed by atoms with E-state index in [-0.39, 0.29) is 11.8 Å². The first kappa shape index (κ1) is 11.0. The molecule has 0 aromatic heterocycles. The van der Waals surface area contributed by atoms with Gasteiger partial charge in [0.25, 0.3) is 0 Å². The smallest absolute Gasteiger partial charge is 0.432 e. The Labute approximate surface area is 86.3 Å². The van der Waals surface area contributed by atoms with Crippen LogP contribution in [0.4, 0.5) is 4.79 Å². The molecule has 1 heterocycles. The largest absolute Gasteiger partial charge is 0.448 e. The molecule has 0 aromatic carbocycles. The Hall–Kier alpha value is -1.11. The van der Waals surface area contributed by atoms with Crippen LogP contribution in [0.25, 0.3) is 0 Å². The lowest BCUT2D eigenvalue weighted by Gasteiger charge is -2.25. The molecule has 0 saturated heterocycles. The Morgan fingerprint density at radius 1 is 1.93 bits per heavy atom. The first-order valence-corrected chi connectivity index (χ1v) is 4.41. The molecule has 0 saturated carbocycles. The van der Waals surface area contributed by atoms with Crippen LogP contribution in [0.15, 0.2) is 17.3 Å². The van der Waals surface area contributed by atoms with Crippen LogP contribution in [0.1, 0.15) is 6.92 Å². The summed E-state index contributed by atoms with van der Waals surface area (Å²) in [4.78, 5) is 11.3. The highest BCUT2D eigenvalue weighted by molar-refractivity contribution is 6.68. The van der Waals surface area contributed by atoms with Gasteiger partial charge in [0.1, 0.15) is 11.3 Å². The second-order valence-electron chi connectivity index (χ2n) is 2.44. The predicted molar refractivity (Wildman–Crippen MR) is 52.4 cm³/mol. The molecule has 1 amide bonds. The molecule has 0 spiro atoms. The van der Waals surface area contributed by atoms with Gasteiger partial charge in [0, 0.05) is 0 Å². The lowest BCUT2D eigenvalue weighted by molar-refractivity contribution is 0.0929. The van der Waals surface area contributed by atoms with E-state index in [1.54, 1.807) is 19.1 Å². The summed E-state index contributed by atoms with van der Waals surface area (Å²) >= 11 is 5.62. The van der Waals surface area contributed by atoms with Gasteiger partial charge in [0.2, 0.25) is 0 Å². The number of amides is 1. The van der Waals surface area contributed by atoms with Crippen LogP contribution in [-0.2, 0) is 4.74 Å². The molecule has 1 atom stereocenters. The van der Waals surface area contributed by atoms with Crippen molar-refractivity contribution < 1.29 is 9.53 Å². The molecule has 0 aromatic rings. The average Bonchev–Trinajstić information content (AvgIpc) is 2.18. The number of nitrogens with two attached hydrogens (primary N) is 1. The van der Waals surface area contributed by atoms with Gasteiger partial charge in [0.05, 0.1) is 6.61 Å². The van der Waals surface area contributed by atoms with Crippen LogP contribution < -0.4 is 11.3 Å². The van der Waals surface area contributed by atoms with E-state index in [4.69, 9.17) is 22.2 Å². The monoisotopic (exact) mass is 218 g/mol. The van der Waals surface area contributed by atoms with E-state index >= 15 is 0 Å². The number of hydrogen-bond donors (Lipinski definition) is 2. The van der Waals surface area contributed by atoms with E-state index in [0.717, 1.165) is 5.01 Å². The molecule has 0 aliphatic carbocycles. The Morgan fingerprint density at radius 2 is 2.64 bits per heavy atom. The molecule has 0 fully saturated rings. The summed E-state index contributed by atoms with van der Waals surface area (Å²) in [5.74, 6) is 5.21. The van der Waals surface area contributed by atoms with E-state index in [9.17, 15) is 4.79 Å². The molecule has 1 unspecified atom stereocenters. The highest BCUT2D eigenvalue weighted by atomic mass is 35.5. The third kappa shape index (κ3) is 2.44. The van der Waals surface area contributed by atoms with Gasteiger partial charge in [-0.15, -0.1) is 0 Å². The first-order valence-electron chi connectivity index (χ1n) is 4.03. The van der Waals surface area contributed by atoms with Crippen molar-refractivity contribution in [3.63, 3.8) is 0 Å². The van der Waals surface area contributed by atoms with Crippen molar-refractivity contribution in [2.24, 2.45) is 10.9 Å². The van der Waals surface area contributed by atoms with Crippen molar-refractivity contribution in [2.45, 2.75) is 13.1 Å². The molecule has 78 valence electrons. The van der Waals surface area contributed by atoms with Gasteiger partial charge in [-0.05, 0) is 19.1 Å². The SMILES string of the molecule is CCOC(=O)N1N=C(Cl)C=CC1NN. The number of nitrogens with zero attached hydrogens (tertiary/aromatic N) is 2. The predicted octanol–water partition coefficient (Wildman–Crippen LogP) is 0.356. The molecular weight excluding hydrogens is 208 g/mol. The van der Waals surface area contributed by atoms with Crippen LogP contribution in [0.5, 0.6) is 0 Å². The number of hydrogen-bond acceptors (Lipinski definition) is 5. The van der Waals surface area contributed by atoms with Crippen molar-refractivity contribution in [3.8, 4) is 0 Å². The zero-order valence-electron chi connectivity index (χ0n) is 7.61. The molecule has 0 bridgehead atoms. The van der Waals surface area contributed by atoms with Gasteiger partial charge < -0.3 is 4.74 Å². The summed E-state index contributed by atoms with van der Waals surface area (Å²) in [6.07, 6.45) is 2.02. The maximum atomic E-state index is 11.3. The van der Waals surface area contributed by atoms with Crippen molar-refractivity contribution >= 4 is 22.9 Å². The summed E-state index contributed by atoms with van der Waals surface area (Å²) in [6.45, 7) is 1.97. The Bertz CT molecular complexity index is 279. The second-order valence-corrected chi connectivity index (χ2v) is 2.82. The minimum absolute atomic E-state index is 0.199. The fraction of sp³-hybridized carbons (Fsp3) is 0.429. The second kappa shape index (κ2) is 4.94. The molecule has 0 radical (unpaired) electrons. The van der Waals surface area contributed by atoms with Crippen LogP contribution in [0, 0.1) is 0 Å². The summed E-state index contributed by atoms with van der Waals surface area (Å²) in [5, 5.41) is 5.00. The van der Waals surface area contributed by atoms with Crippen LogP contribution in [0.3, 0.4) is 0 Å². The minimum Gasteiger partial charge on any atom is -0.448 e. The topological polar surface area (TPSA) is 80.0 Å². The molecule has 14 heavy (non-hydrogen) atoms. The molecule has 7 heteroatoms. The van der Waals surface area contributed by atoms with Gasteiger partial charge in [0.15, 0.2) is 0 Å². The number of ether oxygens (including phenoxy) is 1. The number of rotatable bonds is 2. The number of carbonyl (C=O) groups excluding carboxylic acids is 1. The molecule has 3 N–H and O–H groups in total. The standard InChI is InChI=1S/C7H11ClN4O2/c1-2-14-7(13)12-6(10-9)4-3-5(8)11-12/h3-4,6,10H,2,9H2,1H3. The van der Waals surface area contributed by atoms with Crippen LogP contribution in [-0.4, -0.2) is 29.0 Å². The lowest BCUT2D eigenvalue weighted by atomic mass is 10.4. The van der Waals surface area contributed by atoms with Crippen molar-refractivity contribution in [1.82, 2.24) is 10.4 Å². The molecule has 1 rings (SSSR count). The maximum absolute atomic E-state index is 11.3. The number of nitrogens with one attached hydrogen (secondary N) is 1. The Morgan fingerprint density at radius 3 is 3.21 bits per heavy atom.